The SMILES string of the molecule is CC(C)(C)OC(=O)N[C@H](C(=O)O)[C@@H](O)C(C)(C)C. The molecule has 0 aliphatic rings. The first-order chi connectivity index (χ1) is 7.84. The van der Waals surface area contributed by atoms with Gasteiger partial charge >= 0.3 is 12.1 Å². The van der Waals surface area contributed by atoms with Gasteiger partial charge in [0.05, 0.1) is 6.10 Å². The molecule has 18 heavy (non-hydrogen) atoms. The molecular weight excluding hydrogens is 238 g/mol. The minimum atomic E-state index is -1.40. The Morgan fingerprint density at radius 2 is 1.56 bits per heavy atom. The van der Waals surface area contributed by atoms with Crippen molar-refractivity contribution in [3.63, 3.8) is 0 Å². The van der Waals surface area contributed by atoms with Crippen LogP contribution >= 0.6 is 0 Å². The predicted molar refractivity (Wildman–Crippen MR) is 66.3 cm³/mol. The summed E-state index contributed by atoms with van der Waals surface area (Å²) in [4.78, 5) is 22.6. The van der Waals surface area contributed by atoms with Crippen molar-refractivity contribution in [2.75, 3.05) is 0 Å². The lowest BCUT2D eigenvalue weighted by Gasteiger charge is -2.31. The molecule has 0 aromatic rings. The second kappa shape index (κ2) is 5.56. The van der Waals surface area contributed by atoms with Crippen molar-refractivity contribution in [3.05, 3.63) is 0 Å². The molecule has 0 unspecified atom stereocenters. The first-order valence-electron chi connectivity index (χ1n) is 5.75. The topological polar surface area (TPSA) is 95.9 Å². The van der Waals surface area contributed by atoms with Crippen LogP contribution in [0, 0.1) is 5.41 Å². The minimum Gasteiger partial charge on any atom is -0.480 e. The monoisotopic (exact) mass is 261 g/mol. The number of alkyl carbamates (subject to hydrolysis) is 1. The first-order valence-corrected chi connectivity index (χ1v) is 5.75. The van der Waals surface area contributed by atoms with Crippen molar-refractivity contribution >= 4 is 12.1 Å². The maximum absolute atomic E-state index is 11.5. The Morgan fingerprint density at radius 3 is 1.83 bits per heavy atom. The number of carboxylic acid groups (broad SMARTS) is 1. The molecule has 0 saturated carbocycles. The molecule has 0 radical (unpaired) electrons. The molecule has 0 aliphatic carbocycles. The fourth-order valence-corrected chi connectivity index (χ4v) is 1.21. The number of hydrogen-bond donors (Lipinski definition) is 3. The highest BCUT2D eigenvalue weighted by molar-refractivity contribution is 5.80. The van der Waals surface area contributed by atoms with E-state index in [0.717, 1.165) is 0 Å². The molecule has 6 nitrogen and oxygen atoms in total. The van der Waals surface area contributed by atoms with E-state index in [1.165, 1.54) is 0 Å². The van der Waals surface area contributed by atoms with Crippen LogP contribution in [0.5, 0.6) is 0 Å². The molecule has 3 N–H and O–H groups in total. The molecule has 0 aromatic heterocycles. The Labute approximate surface area is 107 Å². The highest BCUT2D eigenvalue weighted by atomic mass is 16.6. The molecule has 106 valence electrons. The van der Waals surface area contributed by atoms with Gasteiger partial charge in [0, 0.05) is 0 Å². The summed E-state index contributed by atoms with van der Waals surface area (Å²) in [6, 6.07) is -1.40. The number of amides is 1. The van der Waals surface area contributed by atoms with Gasteiger partial charge in [-0.15, -0.1) is 0 Å². The zero-order chi connectivity index (χ0) is 14.7. The zero-order valence-corrected chi connectivity index (χ0v) is 11.8. The van der Waals surface area contributed by atoms with E-state index in [0.29, 0.717) is 0 Å². The molecule has 2 atom stereocenters. The normalized spacial score (nSPS) is 15.7. The highest BCUT2D eigenvalue weighted by Gasteiger charge is 2.37. The summed E-state index contributed by atoms with van der Waals surface area (Å²) in [6.07, 6.45) is -2.08. The van der Waals surface area contributed by atoms with Crippen molar-refractivity contribution in [1.29, 1.82) is 0 Å². The number of aliphatic hydroxyl groups excluding tert-OH is 1. The van der Waals surface area contributed by atoms with Crippen molar-refractivity contribution in [2.45, 2.75) is 59.3 Å². The van der Waals surface area contributed by atoms with Gasteiger partial charge in [-0.2, -0.15) is 0 Å². The number of carboxylic acids is 1. The maximum atomic E-state index is 11.5. The standard InChI is InChI=1S/C12H23NO5/c1-11(2,3)8(14)7(9(15)16)13-10(17)18-12(4,5)6/h7-8,14H,1-6H3,(H,13,17)(H,15,16)/t7-,8+/m0/s1. The van der Waals surface area contributed by atoms with Gasteiger partial charge in [0.15, 0.2) is 6.04 Å². The van der Waals surface area contributed by atoms with Gasteiger partial charge in [-0.1, -0.05) is 20.8 Å². The van der Waals surface area contributed by atoms with Crippen molar-refractivity contribution in [1.82, 2.24) is 5.32 Å². The summed E-state index contributed by atoms with van der Waals surface area (Å²) in [5, 5.41) is 21.1. The van der Waals surface area contributed by atoms with Gasteiger partial charge in [-0.3, -0.25) is 0 Å². The molecule has 0 bridgehead atoms. The number of carbonyl (C=O) groups is 2. The quantitative estimate of drug-likeness (QED) is 0.713. The fourth-order valence-electron chi connectivity index (χ4n) is 1.21. The largest absolute Gasteiger partial charge is 0.480 e. The van der Waals surface area contributed by atoms with Gasteiger partial charge in [0.25, 0.3) is 0 Å². The van der Waals surface area contributed by atoms with Gasteiger partial charge in [-0.25, -0.2) is 9.59 Å². The van der Waals surface area contributed by atoms with Gasteiger partial charge in [0.2, 0.25) is 0 Å². The van der Waals surface area contributed by atoms with Crippen LogP contribution in [0.1, 0.15) is 41.5 Å². The zero-order valence-electron chi connectivity index (χ0n) is 11.8. The fraction of sp³-hybridized carbons (Fsp3) is 0.833. The summed E-state index contributed by atoms with van der Waals surface area (Å²) in [6.45, 7) is 10.1. The van der Waals surface area contributed by atoms with Crippen LogP contribution in [0.3, 0.4) is 0 Å². The smallest absolute Gasteiger partial charge is 0.408 e. The van der Waals surface area contributed by atoms with Crippen LogP contribution in [0.25, 0.3) is 0 Å². The van der Waals surface area contributed by atoms with E-state index in [1.807, 2.05) is 0 Å². The van der Waals surface area contributed by atoms with Crippen LogP contribution in [0.15, 0.2) is 0 Å². The number of ether oxygens (including phenoxy) is 1. The average molecular weight is 261 g/mol. The summed E-state index contributed by atoms with van der Waals surface area (Å²) in [5.74, 6) is -1.30. The van der Waals surface area contributed by atoms with E-state index in [1.54, 1.807) is 41.5 Å². The Hall–Kier alpha value is -1.30. The summed E-state index contributed by atoms with van der Waals surface area (Å²) < 4.78 is 4.96. The predicted octanol–water partition coefficient (Wildman–Crippen LogP) is 1.37. The second-order valence-corrected chi connectivity index (χ2v) is 6.27. The minimum absolute atomic E-state index is 0.669. The van der Waals surface area contributed by atoms with E-state index in [4.69, 9.17) is 9.84 Å². The molecule has 0 aliphatic heterocycles. The highest BCUT2D eigenvalue weighted by Crippen LogP contribution is 2.22. The van der Waals surface area contributed by atoms with E-state index in [2.05, 4.69) is 5.32 Å². The van der Waals surface area contributed by atoms with Crippen LogP contribution in [0.2, 0.25) is 0 Å². The van der Waals surface area contributed by atoms with Crippen LogP contribution in [-0.4, -0.2) is 40.0 Å². The third-order valence-corrected chi connectivity index (χ3v) is 2.14. The molecule has 0 spiro atoms. The first kappa shape index (κ1) is 16.7. The summed E-state index contributed by atoms with van der Waals surface area (Å²) in [5.41, 5.74) is -1.39. The van der Waals surface area contributed by atoms with E-state index in [9.17, 15) is 14.7 Å². The Balaban J connectivity index is 4.76. The van der Waals surface area contributed by atoms with E-state index < -0.39 is 35.2 Å². The molecule has 0 heterocycles. The third kappa shape index (κ3) is 5.86. The lowest BCUT2D eigenvalue weighted by atomic mass is 9.84. The number of nitrogens with one attached hydrogen (secondary N) is 1. The van der Waals surface area contributed by atoms with Crippen LogP contribution in [0.4, 0.5) is 4.79 Å². The molecule has 1 amide bonds. The number of hydrogen-bond acceptors (Lipinski definition) is 4. The van der Waals surface area contributed by atoms with Gasteiger partial charge < -0.3 is 20.3 Å². The molecule has 0 rings (SSSR count). The summed E-state index contributed by atoms with van der Waals surface area (Å²) >= 11 is 0. The van der Waals surface area contributed by atoms with Crippen LogP contribution in [-0.2, 0) is 9.53 Å². The van der Waals surface area contributed by atoms with Crippen molar-refractivity contribution in [2.24, 2.45) is 5.41 Å². The number of rotatable bonds is 3. The van der Waals surface area contributed by atoms with Crippen molar-refractivity contribution < 1.29 is 24.5 Å². The van der Waals surface area contributed by atoms with Crippen LogP contribution < -0.4 is 5.32 Å². The third-order valence-electron chi connectivity index (χ3n) is 2.14. The number of carbonyl (C=O) groups excluding carboxylic acids is 1. The average Bonchev–Trinajstić information content (AvgIpc) is 2.08. The second-order valence-electron chi connectivity index (χ2n) is 6.27. The Bertz CT molecular complexity index is 313. The molecule has 6 heteroatoms. The Kier molecular flexibility index (Phi) is 5.16. The number of aliphatic carboxylic acids is 1. The maximum Gasteiger partial charge on any atom is 0.408 e. The van der Waals surface area contributed by atoms with E-state index >= 15 is 0 Å². The van der Waals surface area contributed by atoms with E-state index in [-0.39, 0.29) is 0 Å². The molecular formula is C12H23NO5. The molecule has 0 aromatic carbocycles. The van der Waals surface area contributed by atoms with Gasteiger partial charge in [-0.05, 0) is 26.2 Å². The van der Waals surface area contributed by atoms with Gasteiger partial charge in [0.1, 0.15) is 5.60 Å². The molecule has 0 fully saturated rings. The Morgan fingerprint density at radius 1 is 1.11 bits per heavy atom. The molecule has 0 saturated heterocycles. The number of aliphatic hydroxyl groups is 1. The van der Waals surface area contributed by atoms with Crippen molar-refractivity contribution in [3.8, 4) is 0 Å². The lowest BCUT2D eigenvalue weighted by molar-refractivity contribution is -0.144. The summed E-state index contributed by atoms with van der Waals surface area (Å²) in [7, 11) is 0. The lowest BCUT2D eigenvalue weighted by Crippen LogP contribution is -2.54.